The highest BCUT2D eigenvalue weighted by atomic mass is 32.2. The molecule has 0 saturated heterocycles. The number of hydrogen-bond acceptors (Lipinski definition) is 4. The molecule has 1 rings (SSSR count). The van der Waals surface area contributed by atoms with E-state index in [1.165, 1.54) is 6.92 Å². The summed E-state index contributed by atoms with van der Waals surface area (Å²) in [5.41, 5.74) is -1.17. The van der Waals surface area contributed by atoms with E-state index in [2.05, 4.69) is 4.72 Å². The summed E-state index contributed by atoms with van der Waals surface area (Å²) in [4.78, 5) is 9.53. The Labute approximate surface area is 123 Å². The van der Waals surface area contributed by atoms with Crippen LogP contribution in [0.15, 0.2) is 17.0 Å². The lowest BCUT2D eigenvalue weighted by Gasteiger charge is -2.22. The highest BCUT2D eigenvalue weighted by molar-refractivity contribution is 7.89. The van der Waals surface area contributed by atoms with Gasteiger partial charge in [-0.05, 0) is 30.4 Å². The average molecular weight is 318 g/mol. The molecule has 0 atom stereocenters. The zero-order chi connectivity index (χ0) is 16.4. The first kappa shape index (κ1) is 17.5. The van der Waals surface area contributed by atoms with Crippen LogP contribution in [0, 0.1) is 28.3 Å². The molecule has 0 aliphatic heterocycles. The number of rotatable bonds is 6. The van der Waals surface area contributed by atoms with Crippen LogP contribution in [0.2, 0.25) is 0 Å². The van der Waals surface area contributed by atoms with Gasteiger partial charge in [0, 0.05) is 12.6 Å². The molecular weight excluding hydrogens is 299 g/mol. The molecule has 0 amide bonds. The normalized spacial score (nSPS) is 12.4. The summed E-state index contributed by atoms with van der Waals surface area (Å²) in [5, 5.41) is 10.8. The molecule has 0 heterocycles. The number of nitro benzene ring substituents is 1. The first-order chi connectivity index (χ1) is 9.50. The van der Waals surface area contributed by atoms with Crippen LogP contribution < -0.4 is 4.72 Å². The van der Waals surface area contributed by atoms with E-state index in [4.69, 9.17) is 0 Å². The largest absolute Gasteiger partial charge is 0.306 e. The Bertz CT molecular complexity index is 656. The zero-order valence-corrected chi connectivity index (χ0v) is 13.3. The zero-order valence-electron chi connectivity index (χ0n) is 12.4. The standard InChI is InChI=1S/C13H19FN2O4S/c1-5-13(3,4)8-15-21(19,20)10-6-9(2)12(14)11(7-10)16(17)18/h6-7,15H,5,8H2,1-4H3. The van der Waals surface area contributed by atoms with E-state index >= 15 is 0 Å². The van der Waals surface area contributed by atoms with Crippen molar-refractivity contribution in [3.05, 3.63) is 33.6 Å². The molecule has 0 aliphatic rings. The van der Waals surface area contributed by atoms with E-state index in [1.54, 1.807) is 0 Å². The van der Waals surface area contributed by atoms with Gasteiger partial charge in [0.15, 0.2) is 0 Å². The number of benzene rings is 1. The van der Waals surface area contributed by atoms with E-state index in [0.29, 0.717) is 0 Å². The van der Waals surface area contributed by atoms with Gasteiger partial charge in [-0.3, -0.25) is 10.1 Å². The maximum atomic E-state index is 13.6. The van der Waals surface area contributed by atoms with Crippen molar-refractivity contribution in [2.45, 2.75) is 39.0 Å². The predicted octanol–water partition coefficient (Wildman–Crippen LogP) is 2.76. The van der Waals surface area contributed by atoms with Crippen LogP contribution in [0.1, 0.15) is 32.8 Å². The van der Waals surface area contributed by atoms with Crippen molar-refractivity contribution in [2.24, 2.45) is 5.41 Å². The molecule has 1 aromatic rings. The molecule has 0 aromatic heterocycles. The van der Waals surface area contributed by atoms with Gasteiger partial charge >= 0.3 is 5.69 Å². The van der Waals surface area contributed by atoms with Crippen molar-refractivity contribution in [3.8, 4) is 0 Å². The Morgan fingerprint density at radius 3 is 2.43 bits per heavy atom. The van der Waals surface area contributed by atoms with Crippen molar-refractivity contribution >= 4 is 15.7 Å². The van der Waals surface area contributed by atoms with Gasteiger partial charge in [-0.15, -0.1) is 0 Å². The van der Waals surface area contributed by atoms with E-state index < -0.39 is 26.5 Å². The highest BCUT2D eigenvalue weighted by Crippen LogP contribution is 2.26. The number of aryl methyl sites for hydroxylation is 1. The number of nitro groups is 1. The Kier molecular flexibility index (Phi) is 5.06. The van der Waals surface area contributed by atoms with Crippen molar-refractivity contribution in [1.29, 1.82) is 0 Å². The third kappa shape index (κ3) is 4.21. The summed E-state index contributed by atoms with van der Waals surface area (Å²) < 4.78 is 40.4. The first-order valence-electron chi connectivity index (χ1n) is 6.44. The summed E-state index contributed by atoms with van der Waals surface area (Å²) >= 11 is 0. The summed E-state index contributed by atoms with van der Waals surface area (Å²) in [6.07, 6.45) is 0.762. The molecule has 21 heavy (non-hydrogen) atoms. The SMILES string of the molecule is CCC(C)(C)CNS(=O)(=O)c1cc(C)c(F)c([N+](=O)[O-])c1. The van der Waals surface area contributed by atoms with E-state index in [-0.39, 0.29) is 22.4 Å². The number of nitrogens with zero attached hydrogens (tertiary/aromatic N) is 1. The van der Waals surface area contributed by atoms with Crippen LogP contribution in [0.5, 0.6) is 0 Å². The highest BCUT2D eigenvalue weighted by Gasteiger charge is 2.25. The van der Waals surface area contributed by atoms with Crippen LogP contribution in [0.4, 0.5) is 10.1 Å². The van der Waals surface area contributed by atoms with Gasteiger partial charge in [0.1, 0.15) is 0 Å². The van der Waals surface area contributed by atoms with Crippen LogP contribution in [0.25, 0.3) is 0 Å². The van der Waals surface area contributed by atoms with Crippen LogP contribution in [-0.4, -0.2) is 19.9 Å². The van der Waals surface area contributed by atoms with Crippen molar-refractivity contribution in [3.63, 3.8) is 0 Å². The molecule has 6 nitrogen and oxygen atoms in total. The molecule has 1 aromatic carbocycles. The molecule has 8 heteroatoms. The smallest absolute Gasteiger partial charge is 0.258 e. The summed E-state index contributed by atoms with van der Waals surface area (Å²) in [6.45, 7) is 7.20. The second kappa shape index (κ2) is 6.07. The van der Waals surface area contributed by atoms with Gasteiger partial charge in [0.25, 0.3) is 0 Å². The number of hydrogen-bond donors (Lipinski definition) is 1. The Balaban J connectivity index is 3.18. The molecule has 1 N–H and O–H groups in total. The molecule has 0 unspecified atom stereocenters. The first-order valence-corrected chi connectivity index (χ1v) is 7.92. The van der Waals surface area contributed by atoms with Gasteiger partial charge in [0.05, 0.1) is 9.82 Å². The van der Waals surface area contributed by atoms with Gasteiger partial charge in [0.2, 0.25) is 15.8 Å². The fourth-order valence-electron chi connectivity index (χ4n) is 1.51. The summed E-state index contributed by atoms with van der Waals surface area (Å²) in [7, 11) is -3.92. The van der Waals surface area contributed by atoms with Crippen LogP contribution >= 0.6 is 0 Å². The quantitative estimate of drug-likeness (QED) is 0.645. The third-order valence-electron chi connectivity index (χ3n) is 3.41. The molecule has 118 valence electrons. The monoisotopic (exact) mass is 318 g/mol. The van der Waals surface area contributed by atoms with Crippen LogP contribution in [0.3, 0.4) is 0 Å². The molecule has 0 spiro atoms. The Morgan fingerprint density at radius 2 is 1.95 bits per heavy atom. The van der Waals surface area contributed by atoms with Gasteiger partial charge in [-0.1, -0.05) is 20.8 Å². The van der Waals surface area contributed by atoms with Gasteiger partial charge in [-0.25, -0.2) is 13.1 Å². The molecule has 0 bridgehead atoms. The van der Waals surface area contributed by atoms with Crippen LogP contribution in [-0.2, 0) is 10.0 Å². The predicted molar refractivity (Wildman–Crippen MR) is 77.1 cm³/mol. The maximum Gasteiger partial charge on any atom is 0.306 e. The minimum atomic E-state index is -3.92. The molecule has 0 saturated carbocycles. The van der Waals surface area contributed by atoms with Gasteiger partial charge < -0.3 is 0 Å². The van der Waals surface area contributed by atoms with E-state index in [9.17, 15) is 22.9 Å². The van der Waals surface area contributed by atoms with Crippen molar-refractivity contribution < 1.29 is 17.7 Å². The molecule has 0 aliphatic carbocycles. The van der Waals surface area contributed by atoms with E-state index in [1.807, 2.05) is 20.8 Å². The second-order valence-corrected chi connectivity index (χ2v) is 7.44. The molecule has 0 fully saturated rings. The Hall–Kier alpha value is -1.54. The lowest BCUT2D eigenvalue weighted by molar-refractivity contribution is -0.387. The molecule has 0 radical (unpaired) electrons. The fourth-order valence-corrected chi connectivity index (χ4v) is 2.85. The fraction of sp³-hybridized carbons (Fsp3) is 0.538. The topological polar surface area (TPSA) is 89.3 Å². The summed E-state index contributed by atoms with van der Waals surface area (Å²) in [6, 6.07) is 1.83. The summed E-state index contributed by atoms with van der Waals surface area (Å²) in [5.74, 6) is -1.02. The minimum absolute atomic E-state index is 0.0840. The third-order valence-corrected chi connectivity index (χ3v) is 4.79. The maximum absolute atomic E-state index is 13.6. The molecular formula is C13H19FN2O4S. The number of halogens is 1. The van der Waals surface area contributed by atoms with Crippen molar-refractivity contribution in [1.82, 2.24) is 4.72 Å². The average Bonchev–Trinajstić information content (AvgIpc) is 2.39. The van der Waals surface area contributed by atoms with Gasteiger partial charge in [-0.2, -0.15) is 4.39 Å². The number of nitrogens with one attached hydrogen (secondary N) is 1. The lowest BCUT2D eigenvalue weighted by Crippen LogP contribution is -2.33. The lowest BCUT2D eigenvalue weighted by atomic mass is 9.91. The Morgan fingerprint density at radius 1 is 1.38 bits per heavy atom. The minimum Gasteiger partial charge on any atom is -0.258 e. The van der Waals surface area contributed by atoms with Crippen molar-refractivity contribution in [2.75, 3.05) is 6.54 Å². The second-order valence-electron chi connectivity index (χ2n) is 5.67. The van der Waals surface area contributed by atoms with E-state index in [0.717, 1.165) is 18.6 Å². The number of sulfonamides is 1.